The fraction of sp³-hybridized carbons (Fsp3) is 0.556. The third-order valence-electron chi connectivity index (χ3n) is 2.31. The zero-order valence-corrected chi connectivity index (χ0v) is 9.83. The van der Waals surface area contributed by atoms with Crippen molar-refractivity contribution in [3.63, 3.8) is 0 Å². The summed E-state index contributed by atoms with van der Waals surface area (Å²) in [5, 5.41) is 12.2. The molecule has 0 spiro atoms. The number of nitrogens with two attached hydrogens (primary N) is 2. The van der Waals surface area contributed by atoms with Gasteiger partial charge in [0.25, 0.3) is 0 Å². The van der Waals surface area contributed by atoms with Crippen molar-refractivity contribution >= 4 is 29.1 Å². The molecule has 0 aliphatic carbocycles. The summed E-state index contributed by atoms with van der Waals surface area (Å²) in [6.45, 7) is 2.66. The van der Waals surface area contributed by atoms with Crippen LogP contribution in [0.4, 0.5) is 17.5 Å². The minimum atomic E-state index is 0.0683. The van der Waals surface area contributed by atoms with Crippen molar-refractivity contribution in [2.75, 3.05) is 29.9 Å². The fourth-order valence-corrected chi connectivity index (χ4v) is 1.35. The average molecular weight is 246 g/mol. The second-order valence-corrected chi connectivity index (χ2v) is 3.83. The maximum absolute atomic E-state index is 9.03. The van der Waals surface area contributed by atoms with Gasteiger partial charge in [0.15, 0.2) is 11.0 Å². The Labute approximate surface area is 99.0 Å². The van der Waals surface area contributed by atoms with E-state index in [2.05, 4.69) is 15.3 Å². The standard InChI is InChI=1S/C9H16ClN5O/c1-2-5(4-16)3-13-8-6(11)7(10)14-9(12)15-8/h5,16H,2-4,11H2,1H3,(H3,12,13,14,15). The van der Waals surface area contributed by atoms with Crippen molar-refractivity contribution in [2.24, 2.45) is 5.92 Å². The van der Waals surface area contributed by atoms with E-state index in [-0.39, 0.29) is 29.3 Å². The Kier molecular flexibility index (Phi) is 4.57. The Morgan fingerprint density at radius 1 is 1.44 bits per heavy atom. The summed E-state index contributed by atoms with van der Waals surface area (Å²) in [5.41, 5.74) is 11.4. The first-order valence-corrected chi connectivity index (χ1v) is 5.39. The molecule has 0 aromatic carbocycles. The van der Waals surface area contributed by atoms with E-state index in [1.807, 2.05) is 6.92 Å². The lowest BCUT2D eigenvalue weighted by molar-refractivity contribution is 0.230. The highest BCUT2D eigenvalue weighted by Gasteiger charge is 2.10. The van der Waals surface area contributed by atoms with Gasteiger partial charge in [0.05, 0.1) is 0 Å². The van der Waals surface area contributed by atoms with Crippen LogP contribution in [0.3, 0.4) is 0 Å². The summed E-state index contributed by atoms with van der Waals surface area (Å²) in [6.07, 6.45) is 0.859. The van der Waals surface area contributed by atoms with Gasteiger partial charge >= 0.3 is 0 Å². The number of hydrogen-bond acceptors (Lipinski definition) is 6. The first kappa shape index (κ1) is 12.8. The molecule has 16 heavy (non-hydrogen) atoms. The van der Waals surface area contributed by atoms with Crippen LogP contribution < -0.4 is 16.8 Å². The highest BCUT2D eigenvalue weighted by Crippen LogP contribution is 2.24. The molecule has 0 amide bonds. The fourth-order valence-electron chi connectivity index (χ4n) is 1.17. The lowest BCUT2D eigenvalue weighted by atomic mass is 10.1. The molecule has 0 fully saturated rings. The highest BCUT2D eigenvalue weighted by molar-refractivity contribution is 6.32. The van der Waals surface area contributed by atoms with Crippen molar-refractivity contribution in [1.29, 1.82) is 0 Å². The second-order valence-electron chi connectivity index (χ2n) is 3.47. The molecule has 1 heterocycles. The molecular formula is C9H16ClN5O. The molecule has 1 atom stereocenters. The van der Waals surface area contributed by atoms with Crippen molar-refractivity contribution in [3.8, 4) is 0 Å². The molecule has 7 heteroatoms. The van der Waals surface area contributed by atoms with Gasteiger partial charge in [-0.15, -0.1) is 0 Å². The Balaban J connectivity index is 2.73. The van der Waals surface area contributed by atoms with Gasteiger partial charge in [-0.2, -0.15) is 9.97 Å². The van der Waals surface area contributed by atoms with Crippen LogP contribution in [0.1, 0.15) is 13.3 Å². The Hall–Kier alpha value is -1.27. The van der Waals surface area contributed by atoms with Gasteiger partial charge in [-0.1, -0.05) is 18.5 Å². The number of aliphatic hydroxyl groups is 1. The number of hydrogen-bond donors (Lipinski definition) is 4. The number of rotatable bonds is 5. The molecule has 0 bridgehead atoms. The zero-order chi connectivity index (χ0) is 12.1. The molecule has 6 N–H and O–H groups in total. The van der Waals surface area contributed by atoms with Crippen molar-refractivity contribution < 1.29 is 5.11 Å². The second kappa shape index (κ2) is 5.72. The SMILES string of the molecule is CCC(CO)CNc1nc(N)nc(Cl)c1N. The average Bonchev–Trinajstić information content (AvgIpc) is 2.26. The molecule has 0 aliphatic rings. The molecule has 6 nitrogen and oxygen atoms in total. The van der Waals surface area contributed by atoms with E-state index in [4.69, 9.17) is 28.2 Å². The van der Waals surface area contributed by atoms with E-state index < -0.39 is 0 Å². The summed E-state index contributed by atoms with van der Waals surface area (Å²) in [5.74, 6) is 0.623. The van der Waals surface area contributed by atoms with Gasteiger partial charge in [0.1, 0.15) is 5.69 Å². The van der Waals surface area contributed by atoms with Crippen LogP contribution in [-0.2, 0) is 0 Å². The van der Waals surface area contributed by atoms with E-state index in [0.717, 1.165) is 6.42 Å². The Morgan fingerprint density at radius 2 is 2.12 bits per heavy atom. The number of halogens is 1. The maximum Gasteiger partial charge on any atom is 0.223 e. The molecule has 1 aromatic heterocycles. The minimum absolute atomic E-state index is 0.0683. The first-order valence-electron chi connectivity index (χ1n) is 5.01. The largest absolute Gasteiger partial charge is 0.396 e. The van der Waals surface area contributed by atoms with E-state index in [1.165, 1.54) is 0 Å². The molecule has 1 unspecified atom stereocenters. The molecule has 0 radical (unpaired) electrons. The van der Waals surface area contributed by atoms with Crippen LogP contribution in [0.5, 0.6) is 0 Å². The van der Waals surface area contributed by atoms with Crippen LogP contribution in [0.2, 0.25) is 5.15 Å². The van der Waals surface area contributed by atoms with Gasteiger partial charge < -0.3 is 21.9 Å². The van der Waals surface area contributed by atoms with Crippen molar-refractivity contribution in [1.82, 2.24) is 9.97 Å². The van der Waals surface area contributed by atoms with Crippen LogP contribution in [0, 0.1) is 5.92 Å². The topological polar surface area (TPSA) is 110 Å². The van der Waals surface area contributed by atoms with Gasteiger partial charge in [-0.05, 0) is 12.3 Å². The first-order chi connectivity index (χ1) is 7.58. The van der Waals surface area contributed by atoms with E-state index in [0.29, 0.717) is 12.4 Å². The van der Waals surface area contributed by atoms with E-state index in [9.17, 15) is 0 Å². The minimum Gasteiger partial charge on any atom is -0.396 e. The van der Waals surface area contributed by atoms with Crippen molar-refractivity contribution in [2.45, 2.75) is 13.3 Å². The number of aliphatic hydroxyl groups excluding tert-OH is 1. The molecule has 1 rings (SSSR count). The lowest BCUT2D eigenvalue weighted by Gasteiger charge is -2.14. The maximum atomic E-state index is 9.03. The monoisotopic (exact) mass is 245 g/mol. The molecular weight excluding hydrogens is 230 g/mol. The number of nitrogen functional groups attached to an aromatic ring is 2. The predicted octanol–water partition coefficient (Wildman–Crippen LogP) is 0.725. The molecule has 0 saturated heterocycles. The van der Waals surface area contributed by atoms with Gasteiger partial charge in [-0.3, -0.25) is 0 Å². The van der Waals surface area contributed by atoms with Crippen LogP contribution in [0.15, 0.2) is 0 Å². The van der Waals surface area contributed by atoms with Gasteiger partial charge in [0.2, 0.25) is 5.95 Å². The number of nitrogens with one attached hydrogen (secondary N) is 1. The molecule has 0 saturated carbocycles. The summed E-state index contributed by atoms with van der Waals surface area (Å²) >= 11 is 5.76. The van der Waals surface area contributed by atoms with Crippen LogP contribution >= 0.6 is 11.6 Å². The predicted molar refractivity (Wildman–Crippen MR) is 65.2 cm³/mol. The number of aromatic nitrogens is 2. The number of anilines is 3. The van der Waals surface area contributed by atoms with E-state index in [1.54, 1.807) is 0 Å². The molecule has 1 aromatic rings. The smallest absolute Gasteiger partial charge is 0.223 e. The Bertz CT molecular complexity index is 356. The highest BCUT2D eigenvalue weighted by atomic mass is 35.5. The van der Waals surface area contributed by atoms with E-state index >= 15 is 0 Å². The summed E-state index contributed by atoms with van der Waals surface area (Å²) in [4.78, 5) is 7.66. The molecule has 90 valence electrons. The number of nitrogens with zero attached hydrogens (tertiary/aromatic N) is 2. The quantitative estimate of drug-likeness (QED) is 0.569. The Morgan fingerprint density at radius 3 is 2.69 bits per heavy atom. The van der Waals surface area contributed by atoms with Gasteiger partial charge in [-0.25, -0.2) is 0 Å². The third kappa shape index (κ3) is 3.11. The lowest BCUT2D eigenvalue weighted by Crippen LogP contribution is -2.19. The van der Waals surface area contributed by atoms with Crippen LogP contribution in [0.25, 0.3) is 0 Å². The summed E-state index contributed by atoms with van der Waals surface area (Å²) in [6, 6.07) is 0. The van der Waals surface area contributed by atoms with Crippen LogP contribution in [-0.4, -0.2) is 28.2 Å². The normalized spacial score (nSPS) is 12.4. The zero-order valence-electron chi connectivity index (χ0n) is 9.07. The van der Waals surface area contributed by atoms with Gasteiger partial charge in [0, 0.05) is 13.2 Å². The molecule has 0 aliphatic heterocycles. The summed E-state index contributed by atoms with van der Waals surface area (Å²) < 4.78 is 0. The van der Waals surface area contributed by atoms with Crippen molar-refractivity contribution in [3.05, 3.63) is 5.15 Å². The third-order valence-corrected chi connectivity index (χ3v) is 2.60. The summed E-state index contributed by atoms with van der Waals surface area (Å²) in [7, 11) is 0.